The third-order valence-electron chi connectivity index (χ3n) is 2.02. The standard InChI is InChI=1S/C12H16N2O3/c1-2-17-12(16)6-8-14-11(15)9-10-5-3-4-7-13-10/h3-5,7H,2,6,8-9H2,1H3,(H,14,15). The first kappa shape index (κ1) is 13.2. The van der Waals surface area contributed by atoms with Gasteiger partial charge in [0, 0.05) is 18.4 Å². The molecule has 1 aromatic heterocycles. The van der Waals surface area contributed by atoms with Crippen LogP contribution in [0.3, 0.4) is 0 Å². The van der Waals surface area contributed by atoms with E-state index >= 15 is 0 Å². The Morgan fingerprint density at radius 1 is 1.41 bits per heavy atom. The van der Waals surface area contributed by atoms with Crippen LogP contribution in [0.4, 0.5) is 0 Å². The fourth-order valence-corrected chi connectivity index (χ4v) is 1.27. The van der Waals surface area contributed by atoms with E-state index < -0.39 is 0 Å². The summed E-state index contributed by atoms with van der Waals surface area (Å²) in [6.07, 6.45) is 2.06. The van der Waals surface area contributed by atoms with Crippen LogP contribution < -0.4 is 5.32 Å². The summed E-state index contributed by atoms with van der Waals surface area (Å²) in [7, 11) is 0. The zero-order chi connectivity index (χ0) is 12.5. The van der Waals surface area contributed by atoms with E-state index in [-0.39, 0.29) is 24.7 Å². The summed E-state index contributed by atoms with van der Waals surface area (Å²) in [5.74, 6) is -0.446. The van der Waals surface area contributed by atoms with Crippen molar-refractivity contribution in [2.75, 3.05) is 13.2 Å². The summed E-state index contributed by atoms with van der Waals surface area (Å²) in [5.41, 5.74) is 0.709. The summed E-state index contributed by atoms with van der Waals surface area (Å²) in [4.78, 5) is 26.5. The fourth-order valence-electron chi connectivity index (χ4n) is 1.27. The van der Waals surface area contributed by atoms with Crippen LogP contribution in [0.15, 0.2) is 24.4 Å². The molecule has 0 unspecified atom stereocenters. The fraction of sp³-hybridized carbons (Fsp3) is 0.417. The van der Waals surface area contributed by atoms with Crippen LogP contribution in [-0.2, 0) is 20.7 Å². The first-order valence-corrected chi connectivity index (χ1v) is 5.54. The average molecular weight is 236 g/mol. The molecule has 0 aliphatic rings. The number of nitrogens with one attached hydrogen (secondary N) is 1. The molecule has 5 heteroatoms. The summed E-state index contributed by atoms with van der Waals surface area (Å²) in [5, 5.41) is 2.64. The molecule has 1 rings (SSSR count). The SMILES string of the molecule is CCOC(=O)CCNC(=O)Cc1ccccn1. The molecule has 0 radical (unpaired) electrons. The molecular formula is C12H16N2O3. The Hall–Kier alpha value is -1.91. The Balaban J connectivity index is 2.20. The van der Waals surface area contributed by atoms with Crippen molar-refractivity contribution >= 4 is 11.9 Å². The Morgan fingerprint density at radius 3 is 2.88 bits per heavy atom. The van der Waals surface area contributed by atoms with Crippen LogP contribution in [-0.4, -0.2) is 30.0 Å². The van der Waals surface area contributed by atoms with Crippen LogP contribution >= 0.6 is 0 Å². The van der Waals surface area contributed by atoms with Gasteiger partial charge in [0.2, 0.25) is 5.91 Å². The molecule has 17 heavy (non-hydrogen) atoms. The van der Waals surface area contributed by atoms with Crippen molar-refractivity contribution in [3.05, 3.63) is 30.1 Å². The number of nitrogens with zero attached hydrogens (tertiary/aromatic N) is 1. The highest BCUT2D eigenvalue weighted by atomic mass is 16.5. The summed E-state index contributed by atoms with van der Waals surface area (Å²) in [6.45, 7) is 2.41. The van der Waals surface area contributed by atoms with Crippen molar-refractivity contribution in [1.29, 1.82) is 0 Å². The van der Waals surface area contributed by atoms with E-state index in [0.29, 0.717) is 18.8 Å². The van der Waals surface area contributed by atoms with E-state index in [2.05, 4.69) is 10.3 Å². The van der Waals surface area contributed by atoms with Gasteiger partial charge in [0.05, 0.1) is 19.4 Å². The summed E-state index contributed by atoms with van der Waals surface area (Å²) < 4.78 is 4.74. The zero-order valence-corrected chi connectivity index (χ0v) is 9.81. The normalized spacial score (nSPS) is 9.71. The number of rotatable bonds is 6. The van der Waals surface area contributed by atoms with Gasteiger partial charge in [-0.3, -0.25) is 14.6 Å². The van der Waals surface area contributed by atoms with Gasteiger partial charge in [0.25, 0.3) is 0 Å². The number of hydrogen-bond acceptors (Lipinski definition) is 4. The van der Waals surface area contributed by atoms with E-state index in [1.54, 1.807) is 25.3 Å². The monoisotopic (exact) mass is 236 g/mol. The predicted molar refractivity (Wildman–Crippen MR) is 62.2 cm³/mol. The molecule has 5 nitrogen and oxygen atoms in total. The molecule has 1 amide bonds. The van der Waals surface area contributed by atoms with Gasteiger partial charge in [0.15, 0.2) is 0 Å². The molecule has 1 N–H and O–H groups in total. The second-order valence-electron chi connectivity index (χ2n) is 3.40. The molecule has 1 heterocycles. The summed E-state index contributed by atoms with van der Waals surface area (Å²) in [6, 6.07) is 5.40. The highest BCUT2D eigenvalue weighted by Crippen LogP contribution is 1.94. The molecule has 0 aliphatic carbocycles. The highest BCUT2D eigenvalue weighted by molar-refractivity contribution is 5.78. The molecule has 0 spiro atoms. The third-order valence-corrected chi connectivity index (χ3v) is 2.02. The second kappa shape index (κ2) is 7.38. The van der Waals surface area contributed by atoms with Gasteiger partial charge in [-0.25, -0.2) is 0 Å². The van der Waals surface area contributed by atoms with Gasteiger partial charge in [-0.05, 0) is 19.1 Å². The molecule has 0 aliphatic heterocycles. The molecule has 0 fully saturated rings. The topological polar surface area (TPSA) is 68.3 Å². The van der Waals surface area contributed by atoms with Gasteiger partial charge < -0.3 is 10.1 Å². The lowest BCUT2D eigenvalue weighted by atomic mass is 10.2. The van der Waals surface area contributed by atoms with Crippen LogP contribution in [0.25, 0.3) is 0 Å². The molecular weight excluding hydrogens is 220 g/mol. The minimum Gasteiger partial charge on any atom is -0.466 e. The van der Waals surface area contributed by atoms with Crippen molar-refractivity contribution in [2.24, 2.45) is 0 Å². The van der Waals surface area contributed by atoms with Gasteiger partial charge in [-0.1, -0.05) is 6.07 Å². The number of carbonyl (C=O) groups excluding carboxylic acids is 2. The molecule has 0 bridgehead atoms. The van der Waals surface area contributed by atoms with Gasteiger partial charge >= 0.3 is 5.97 Å². The lowest BCUT2D eigenvalue weighted by Gasteiger charge is -2.04. The molecule has 1 aromatic rings. The number of ether oxygens (including phenoxy) is 1. The number of amides is 1. The Morgan fingerprint density at radius 2 is 2.24 bits per heavy atom. The number of carbonyl (C=O) groups is 2. The molecule has 0 saturated heterocycles. The second-order valence-corrected chi connectivity index (χ2v) is 3.40. The van der Waals surface area contributed by atoms with Gasteiger partial charge in [0.1, 0.15) is 0 Å². The van der Waals surface area contributed by atoms with Crippen LogP contribution in [0.2, 0.25) is 0 Å². The number of esters is 1. The minimum atomic E-state index is -0.300. The molecule has 0 atom stereocenters. The van der Waals surface area contributed by atoms with Crippen molar-refractivity contribution in [3.8, 4) is 0 Å². The maximum absolute atomic E-state index is 11.4. The molecule has 92 valence electrons. The average Bonchev–Trinajstić information content (AvgIpc) is 2.30. The Labute approximate surface area is 100 Å². The summed E-state index contributed by atoms with van der Waals surface area (Å²) >= 11 is 0. The smallest absolute Gasteiger partial charge is 0.307 e. The largest absolute Gasteiger partial charge is 0.466 e. The lowest BCUT2D eigenvalue weighted by Crippen LogP contribution is -2.28. The first-order chi connectivity index (χ1) is 8.22. The third kappa shape index (κ3) is 5.65. The number of pyridine rings is 1. The van der Waals surface area contributed by atoms with E-state index in [1.807, 2.05) is 6.07 Å². The maximum Gasteiger partial charge on any atom is 0.307 e. The van der Waals surface area contributed by atoms with E-state index in [0.717, 1.165) is 0 Å². The number of hydrogen-bond donors (Lipinski definition) is 1. The maximum atomic E-state index is 11.4. The van der Waals surface area contributed by atoms with Crippen molar-refractivity contribution < 1.29 is 14.3 Å². The number of aromatic nitrogens is 1. The van der Waals surface area contributed by atoms with Gasteiger partial charge in [-0.15, -0.1) is 0 Å². The zero-order valence-electron chi connectivity index (χ0n) is 9.81. The van der Waals surface area contributed by atoms with Crippen LogP contribution in [0.1, 0.15) is 19.0 Å². The molecule has 0 aromatic carbocycles. The van der Waals surface area contributed by atoms with E-state index in [9.17, 15) is 9.59 Å². The van der Waals surface area contributed by atoms with Crippen LogP contribution in [0.5, 0.6) is 0 Å². The first-order valence-electron chi connectivity index (χ1n) is 5.54. The predicted octanol–water partition coefficient (Wildman–Crippen LogP) is 0.693. The van der Waals surface area contributed by atoms with Crippen molar-refractivity contribution in [2.45, 2.75) is 19.8 Å². The Bertz CT molecular complexity index is 365. The van der Waals surface area contributed by atoms with Crippen molar-refractivity contribution in [3.63, 3.8) is 0 Å². The van der Waals surface area contributed by atoms with Crippen molar-refractivity contribution in [1.82, 2.24) is 10.3 Å². The van der Waals surface area contributed by atoms with E-state index in [4.69, 9.17) is 4.74 Å². The van der Waals surface area contributed by atoms with Crippen LogP contribution in [0, 0.1) is 0 Å². The lowest BCUT2D eigenvalue weighted by molar-refractivity contribution is -0.143. The Kier molecular flexibility index (Phi) is 5.71. The molecule has 0 saturated carbocycles. The minimum absolute atomic E-state index is 0.145. The van der Waals surface area contributed by atoms with Gasteiger partial charge in [-0.2, -0.15) is 0 Å². The quantitative estimate of drug-likeness (QED) is 0.738. The highest BCUT2D eigenvalue weighted by Gasteiger charge is 2.05. The van der Waals surface area contributed by atoms with E-state index in [1.165, 1.54) is 0 Å².